The van der Waals surface area contributed by atoms with Gasteiger partial charge in [-0.05, 0) is 24.6 Å². The van der Waals surface area contributed by atoms with Crippen molar-refractivity contribution in [1.82, 2.24) is 20.4 Å². The fourth-order valence-corrected chi connectivity index (χ4v) is 2.76. The molecule has 0 saturated carbocycles. The Labute approximate surface area is 149 Å². The molecule has 0 aliphatic rings. The molecule has 0 aliphatic carbocycles. The van der Waals surface area contributed by atoms with E-state index in [9.17, 15) is 4.79 Å². The molecule has 0 radical (unpaired) electrons. The largest absolute Gasteiger partial charge is 0.497 e. The monoisotopic (exact) mass is 345 g/mol. The molecular formula is C18H27N5O2. The van der Waals surface area contributed by atoms with Crippen LogP contribution in [0.2, 0.25) is 0 Å². The maximum atomic E-state index is 12.0. The third-order valence-corrected chi connectivity index (χ3v) is 3.97. The number of carbonyl (C=O) groups excluding carboxylic acids is 1. The van der Waals surface area contributed by atoms with Crippen molar-refractivity contribution in [3.05, 3.63) is 41.1 Å². The Morgan fingerprint density at radius 1 is 1.24 bits per heavy atom. The van der Waals surface area contributed by atoms with E-state index in [1.54, 1.807) is 7.11 Å². The summed E-state index contributed by atoms with van der Waals surface area (Å²) in [5.41, 5.74) is 3.11. The first kappa shape index (κ1) is 18.8. The summed E-state index contributed by atoms with van der Waals surface area (Å²) in [4.78, 5) is 14.0. The number of methoxy groups -OCH3 is 1. The standard InChI is InChI=1S/C18H27N5O2/c1-13-16(18(22(2)3)23(4)21-13)11-19-12-17(24)20-10-14-6-8-15(25-5)9-7-14/h6-9,19H,10-12H2,1-5H3,(H,20,24). The van der Waals surface area contributed by atoms with E-state index in [0.29, 0.717) is 13.1 Å². The summed E-state index contributed by atoms with van der Waals surface area (Å²) in [7, 11) is 7.53. The van der Waals surface area contributed by atoms with Gasteiger partial charge in [-0.3, -0.25) is 9.48 Å². The minimum Gasteiger partial charge on any atom is -0.497 e. The van der Waals surface area contributed by atoms with Crippen molar-refractivity contribution in [3.63, 3.8) is 0 Å². The molecule has 1 heterocycles. The maximum Gasteiger partial charge on any atom is 0.234 e. The quantitative estimate of drug-likeness (QED) is 0.752. The molecule has 0 saturated heterocycles. The van der Waals surface area contributed by atoms with Crippen LogP contribution in [0.3, 0.4) is 0 Å². The molecule has 1 aromatic heterocycles. The van der Waals surface area contributed by atoms with E-state index >= 15 is 0 Å². The third kappa shape index (κ3) is 4.96. The van der Waals surface area contributed by atoms with Gasteiger partial charge in [0.25, 0.3) is 0 Å². The number of hydrogen-bond donors (Lipinski definition) is 2. The predicted molar refractivity (Wildman–Crippen MR) is 98.8 cm³/mol. The van der Waals surface area contributed by atoms with Gasteiger partial charge in [0.1, 0.15) is 11.6 Å². The summed E-state index contributed by atoms with van der Waals surface area (Å²) < 4.78 is 6.98. The van der Waals surface area contributed by atoms with Gasteiger partial charge in [0.2, 0.25) is 5.91 Å². The Morgan fingerprint density at radius 3 is 2.52 bits per heavy atom. The molecule has 2 N–H and O–H groups in total. The molecule has 1 aromatic carbocycles. The first-order valence-electron chi connectivity index (χ1n) is 8.22. The lowest BCUT2D eigenvalue weighted by Crippen LogP contribution is -2.33. The van der Waals surface area contributed by atoms with Crippen LogP contribution in [0.4, 0.5) is 5.82 Å². The van der Waals surface area contributed by atoms with E-state index in [2.05, 4.69) is 15.7 Å². The average Bonchev–Trinajstić information content (AvgIpc) is 2.87. The highest BCUT2D eigenvalue weighted by molar-refractivity contribution is 5.78. The number of nitrogens with zero attached hydrogens (tertiary/aromatic N) is 3. The summed E-state index contributed by atoms with van der Waals surface area (Å²) in [6.07, 6.45) is 0. The highest BCUT2D eigenvalue weighted by atomic mass is 16.5. The number of rotatable bonds is 8. The second-order valence-corrected chi connectivity index (χ2v) is 6.13. The van der Waals surface area contributed by atoms with Gasteiger partial charge in [-0.15, -0.1) is 0 Å². The average molecular weight is 345 g/mol. The normalized spacial score (nSPS) is 10.6. The minimum absolute atomic E-state index is 0.0382. The molecule has 0 unspecified atom stereocenters. The molecule has 1 amide bonds. The zero-order valence-corrected chi connectivity index (χ0v) is 15.6. The molecule has 2 rings (SSSR count). The van der Waals surface area contributed by atoms with Crippen LogP contribution in [0.15, 0.2) is 24.3 Å². The van der Waals surface area contributed by atoms with Crippen LogP contribution in [0.1, 0.15) is 16.8 Å². The van der Waals surface area contributed by atoms with E-state index in [-0.39, 0.29) is 12.5 Å². The molecule has 136 valence electrons. The minimum atomic E-state index is -0.0382. The zero-order valence-electron chi connectivity index (χ0n) is 15.6. The molecule has 7 nitrogen and oxygen atoms in total. The molecule has 0 atom stereocenters. The SMILES string of the molecule is COc1ccc(CNC(=O)CNCc2c(C)nn(C)c2N(C)C)cc1. The van der Waals surface area contributed by atoms with Crippen LogP contribution < -0.4 is 20.3 Å². The van der Waals surface area contributed by atoms with Crippen LogP contribution in [0.5, 0.6) is 5.75 Å². The number of carbonyl (C=O) groups is 1. The summed E-state index contributed by atoms with van der Waals surface area (Å²) in [5, 5.41) is 10.5. The smallest absolute Gasteiger partial charge is 0.234 e. The Kier molecular flexibility index (Phi) is 6.41. The van der Waals surface area contributed by atoms with Gasteiger partial charge in [-0.2, -0.15) is 5.10 Å². The molecule has 0 aliphatic heterocycles. The van der Waals surface area contributed by atoms with Crippen molar-refractivity contribution in [2.24, 2.45) is 7.05 Å². The highest BCUT2D eigenvalue weighted by Crippen LogP contribution is 2.20. The van der Waals surface area contributed by atoms with Gasteiger partial charge in [-0.25, -0.2) is 0 Å². The lowest BCUT2D eigenvalue weighted by Gasteiger charge is -2.15. The Bertz CT molecular complexity index is 707. The van der Waals surface area contributed by atoms with Gasteiger partial charge < -0.3 is 20.3 Å². The Morgan fingerprint density at radius 2 is 1.92 bits per heavy atom. The second kappa shape index (κ2) is 8.53. The van der Waals surface area contributed by atoms with Crippen molar-refractivity contribution in [1.29, 1.82) is 0 Å². The fraction of sp³-hybridized carbons (Fsp3) is 0.444. The number of aryl methyl sites for hydroxylation is 2. The van der Waals surface area contributed by atoms with Crippen molar-refractivity contribution in [2.45, 2.75) is 20.0 Å². The molecule has 0 bridgehead atoms. The molecule has 2 aromatic rings. The first-order valence-corrected chi connectivity index (χ1v) is 8.22. The summed E-state index contributed by atoms with van der Waals surface area (Å²) >= 11 is 0. The van der Waals surface area contributed by atoms with E-state index in [1.807, 2.05) is 61.9 Å². The highest BCUT2D eigenvalue weighted by Gasteiger charge is 2.14. The third-order valence-electron chi connectivity index (χ3n) is 3.97. The van der Waals surface area contributed by atoms with Crippen molar-refractivity contribution < 1.29 is 9.53 Å². The van der Waals surface area contributed by atoms with Crippen molar-refractivity contribution in [2.75, 3.05) is 32.6 Å². The van der Waals surface area contributed by atoms with Crippen LogP contribution in [-0.4, -0.2) is 43.4 Å². The summed E-state index contributed by atoms with van der Waals surface area (Å²) in [6.45, 7) is 3.34. The van der Waals surface area contributed by atoms with Gasteiger partial charge in [0.15, 0.2) is 0 Å². The van der Waals surface area contributed by atoms with Gasteiger partial charge in [0.05, 0.1) is 19.3 Å². The zero-order chi connectivity index (χ0) is 18.4. The number of aromatic nitrogens is 2. The fourth-order valence-electron chi connectivity index (χ4n) is 2.76. The van der Waals surface area contributed by atoms with Gasteiger partial charge in [0, 0.05) is 39.8 Å². The van der Waals surface area contributed by atoms with E-state index in [0.717, 1.165) is 28.4 Å². The lowest BCUT2D eigenvalue weighted by molar-refractivity contribution is -0.120. The summed E-state index contributed by atoms with van der Waals surface area (Å²) in [6, 6.07) is 7.64. The Hall–Kier alpha value is -2.54. The number of anilines is 1. The summed E-state index contributed by atoms with van der Waals surface area (Å²) in [5.74, 6) is 1.81. The van der Waals surface area contributed by atoms with Crippen LogP contribution in [-0.2, 0) is 24.9 Å². The molecular weight excluding hydrogens is 318 g/mol. The molecule has 0 fully saturated rings. The topological polar surface area (TPSA) is 71.4 Å². The number of nitrogens with one attached hydrogen (secondary N) is 2. The van der Waals surface area contributed by atoms with Gasteiger partial charge in [-0.1, -0.05) is 12.1 Å². The maximum absolute atomic E-state index is 12.0. The van der Waals surface area contributed by atoms with E-state index in [4.69, 9.17) is 4.74 Å². The Balaban J connectivity index is 1.80. The number of amides is 1. The van der Waals surface area contributed by atoms with Crippen molar-refractivity contribution >= 4 is 11.7 Å². The van der Waals surface area contributed by atoms with Crippen LogP contribution >= 0.6 is 0 Å². The van der Waals surface area contributed by atoms with Crippen LogP contribution in [0, 0.1) is 6.92 Å². The van der Waals surface area contributed by atoms with Crippen LogP contribution in [0.25, 0.3) is 0 Å². The molecule has 0 spiro atoms. The number of hydrogen-bond acceptors (Lipinski definition) is 5. The number of ether oxygens (including phenoxy) is 1. The lowest BCUT2D eigenvalue weighted by atomic mass is 10.2. The van der Waals surface area contributed by atoms with Crippen molar-refractivity contribution in [3.8, 4) is 5.75 Å². The van der Waals surface area contributed by atoms with E-state index < -0.39 is 0 Å². The predicted octanol–water partition coefficient (Wildman–Crippen LogP) is 1.21. The molecule has 7 heteroatoms. The number of benzene rings is 1. The second-order valence-electron chi connectivity index (χ2n) is 6.13. The van der Waals surface area contributed by atoms with E-state index in [1.165, 1.54) is 0 Å². The molecule has 25 heavy (non-hydrogen) atoms. The first-order chi connectivity index (χ1) is 11.9. The van der Waals surface area contributed by atoms with Gasteiger partial charge >= 0.3 is 0 Å².